The van der Waals surface area contributed by atoms with E-state index < -0.39 is 17.7 Å². The highest BCUT2D eigenvalue weighted by Gasteiger charge is 2.18. The number of methoxy groups -OCH3 is 2. The minimum absolute atomic E-state index is 0.126. The summed E-state index contributed by atoms with van der Waals surface area (Å²) in [5, 5.41) is 21.1. The number of carboxylic acids is 1. The number of aromatic carboxylic acids is 1. The molecule has 12 nitrogen and oxygen atoms in total. The number of alkyl carbamates (subject to hydrolysis) is 1. The van der Waals surface area contributed by atoms with Gasteiger partial charge in [-0.1, -0.05) is 19.0 Å². The van der Waals surface area contributed by atoms with Crippen LogP contribution in [0, 0.1) is 0 Å². The number of carbonyl (C=O) groups excluding carboxylic acids is 1. The second-order valence-corrected chi connectivity index (χ2v) is 10.3. The molecule has 4 rings (SSSR count). The molecule has 0 atom stereocenters. The summed E-state index contributed by atoms with van der Waals surface area (Å²) in [6.45, 7) is 10.1. The fraction of sp³-hybridized carbons (Fsp3) is 0.357. The van der Waals surface area contributed by atoms with Crippen LogP contribution in [0.15, 0.2) is 52.1 Å². The Morgan fingerprint density at radius 1 is 1.07 bits per heavy atom. The lowest BCUT2D eigenvalue weighted by molar-refractivity contribution is 0.0523. The van der Waals surface area contributed by atoms with Gasteiger partial charge in [-0.15, -0.1) is 0 Å². The summed E-state index contributed by atoms with van der Waals surface area (Å²) in [5.74, 6) is 0.371. The number of hydrogen-bond acceptors (Lipinski definition) is 10. The van der Waals surface area contributed by atoms with Crippen molar-refractivity contribution < 1.29 is 33.4 Å². The van der Waals surface area contributed by atoms with Crippen LogP contribution in [0.4, 0.5) is 10.6 Å². The van der Waals surface area contributed by atoms with Crippen molar-refractivity contribution in [3.8, 4) is 11.5 Å². The molecule has 0 aliphatic rings. The Labute approximate surface area is 242 Å². The summed E-state index contributed by atoms with van der Waals surface area (Å²) >= 11 is 1.20. The largest absolute Gasteiger partial charge is 0.496 e. The number of rotatable bonds is 10. The van der Waals surface area contributed by atoms with Gasteiger partial charge < -0.3 is 33.9 Å². The Balaban J connectivity index is 0.00000226. The van der Waals surface area contributed by atoms with Crippen molar-refractivity contribution in [2.75, 3.05) is 18.9 Å². The van der Waals surface area contributed by atoms with E-state index in [1.807, 2.05) is 32.2 Å². The molecule has 1 amide bonds. The van der Waals surface area contributed by atoms with Gasteiger partial charge in [0.25, 0.3) is 0 Å². The second-order valence-electron chi connectivity index (χ2n) is 9.48. The number of fused-ring (bicyclic) bond motifs is 1. The standard InChI is InChI=1S/C26H29N5O7S.C2H6/c1-26(2,3)37-25(34)27-11-16-12-28-31(14-16)13-15-8-19(36-5)22-20(9-15)38-29-23(22)30-39-21-7-6-17(24(32)33)10-18(21)35-4;1-2/h6-10,12,14H,11,13H2,1-5H3,(H,27,34)(H,29,30)(H,32,33);1-2H3. The summed E-state index contributed by atoms with van der Waals surface area (Å²) in [7, 11) is 3.03. The first kappa shape index (κ1) is 31.1. The number of hydrogen-bond donors (Lipinski definition) is 3. The minimum Gasteiger partial charge on any atom is -0.496 e. The summed E-state index contributed by atoms with van der Waals surface area (Å²) in [4.78, 5) is 23.8. The topological polar surface area (TPSA) is 150 Å². The van der Waals surface area contributed by atoms with Crippen molar-refractivity contribution in [3.05, 3.63) is 59.4 Å². The monoisotopic (exact) mass is 585 g/mol. The molecule has 2 aromatic heterocycles. The molecule has 0 saturated heterocycles. The summed E-state index contributed by atoms with van der Waals surface area (Å²) in [6, 6.07) is 8.32. The van der Waals surface area contributed by atoms with Gasteiger partial charge in [-0.05, 0) is 68.6 Å². The molecule has 0 bridgehead atoms. The van der Waals surface area contributed by atoms with Crippen LogP contribution in [-0.4, -0.2) is 51.9 Å². The van der Waals surface area contributed by atoms with Crippen molar-refractivity contribution >= 4 is 40.8 Å². The van der Waals surface area contributed by atoms with Gasteiger partial charge in [0, 0.05) is 18.3 Å². The van der Waals surface area contributed by atoms with Crippen molar-refractivity contribution in [1.82, 2.24) is 20.3 Å². The maximum absolute atomic E-state index is 11.9. The number of ether oxygens (including phenoxy) is 3. The molecule has 41 heavy (non-hydrogen) atoms. The third kappa shape index (κ3) is 8.30. The molecule has 4 aromatic rings. The quantitative estimate of drug-likeness (QED) is 0.189. The molecule has 0 unspecified atom stereocenters. The molecule has 0 spiro atoms. The van der Waals surface area contributed by atoms with Crippen LogP contribution < -0.4 is 19.5 Å². The van der Waals surface area contributed by atoms with Crippen LogP contribution in [-0.2, 0) is 17.8 Å². The van der Waals surface area contributed by atoms with E-state index in [0.717, 1.165) is 11.1 Å². The van der Waals surface area contributed by atoms with E-state index in [0.29, 0.717) is 39.7 Å². The lowest BCUT2D eigenvalue weighted by Gasteiger charge is -2.19. The van der Waals surface area contributed by atoms with Crippen LogP contribution in [0.2, 0.25) is 0 Å². The summed E-state index contributed by atoms with van der Waals surface area (Å²) < 4.78 is 26.7. The number of nitrogens with zero attached hydrogens (tertiary/aromatic N) is 3. The van der Waals surface area contributed by atoms with Crippen LogP contribution >= 0.6 is 11.9 Å². The molecular formula is C28H35N5O7S. The average molecular weight is 586 g/mol. The average Bonchev–Trinajstić information content (AvgIpc) is 3.57. The number of anilines is 1. The Hall–Kier alpha value is -4.39. The number of nitrogens with one attached hydrogen (secondary N) is 2. The molecule has 0 aliphatic heterocycles. The van der Waals surface area contributed by atoms with Crippen molar-refractivity contribution in [2.24, 2.45) is 0 Å². The molecule has 0 fully saturated rings. The Morgan fingerprint density at radius 2 is 1.80 bits per heavy atom. The fourth-order valence-corrected chi connectivity index (χ4v) is 4.38. The first-order valence-electron chi connectivity index (χ1n) is 12.8. The van der Waals surface area contributed by atoms with Gasteiger partial charge in [0.05, 0.1) is 37.4 Å². The lowest BCUT2D eigenvalue weighted by atomic mass is 10.1. The van der Waals surface area contributed by atoms with Crippen LogP contribution in [0.3, 0.4) is 0 Å². The van der Waals surface area contributed by atoms with E-state index in [1.165, 1.54) is 31.2 Å². The summed E-state index contributed by atoms with van der Waals surface area (Å²) in [6.07, 6.45) is 3.02. The lowest BCUT2D eigenvalue weighted by Crippen LogP contribution is -2.32. The van der Waals surface area contributed by atoms with Gasteiger partial charge in [0.15, 0.2) is 11.4 Å². The van der Waals surface area contributed by atoms with Crippen molar-refractivity contribution in [3.63, 3.8) is 0 Å². The highest BCUT2D eigenvalue weighted by atomic mass is 32.2. The van der Waals surface area contributed by atoms with Gasteiger partial charge in [-0.25, -0.2) is 9.59 Å². The predicted octanol–water partition coefficient (Wildman–Crippen LogP) is 5.96. The zero-order valence-electron chi connectivity index (χ0n) is 24.1. The first-order valence-corrected chi connectivity index (χ1v) is 13.7. The van der Waals surface area contributed by atoms with Gasteiger partial charge in [0.1, 0.15) is 22.5 Å². The van der Waals surface area contributed by atoms with E-state index >= 15 is 0 Å². The molecule has 3 N–H and O–H groups in total. The first-order chi connectivity index (χ1) is 19.6. The molecule has 0 radical (unpaired) electrons. The van der Waals surface area contributed by atoms with Gasteiger partial charge in [0.2, 0.25) is 0 Å². The highest BCUT2D eigenvalue weighted by molar-refractivity contribution is 8.00. The van der Waals surface area contributed by atoms with Gasteiger partial charge >= 0.3 is 12.1 Å². The Bertz CT molecular complexity index is 1490. The van der Waals surface area contributed by atoms with E-state index in [1.54, 1.807) is 44.8 Å². The molecule has 2 heterocycles. The van der Waals surface area contributed by atoms with Gasteiger partial charge in [-0.3, -0.25) is 4.68 Å². The second kappa shape index (κ2) is 13.8. The van der Waals surface area contributed by atoms with Crippen molar-refractivity contribution in [2.45, 2.75) is 58.2 Å². The number of benzene rings is 2. The third-order valence-corrected chi connectivity index (χ3v) is 6.21. The number of carboxylic acid groups (broad SMARTS) is 1. The third-order valence-electron chi connectivity index (χ3n) is 5.35. The molecular weight excluding hydrogens is 550 g/mol. The van der Waals surface area contributed by atoms with Crippen LogP contribution in [0.5, 0.6) is 11.5 Å². The smallest absolute Gasteiger partial charge is 0.407 e. The predicted molar refractivity (Wildman–Crippen MR) is 156 cm³/mol. The van der Waals surface area contributed by atoms with Crippen LogP contribution in [0.1, 0.15) is 56.1 Å². The van der Waals surface area contributed by atoms with E-state index in [4.69, 9.17) is 18.7 Å². The SMILES string of the molecule is CC.COc1cc(C(=O)O)ccc1SNc1noc2cc(Cn3cc(CNC(=O)OC(C)(C)C)cn3)cc(OC)c12. The zero-order chi connectivity index (χ0) is 30.2. The maximum Gasteiger partial charge on any atom is 0.407 e. The number of amides is 1. The van der Waals surface area contributed by atoms with E-state index in [9.17, 15) is 14.7 Å². The zero-order valence-corrected chi connectivity index (χ0v) is 24.9. The highest BCUT2D eigenvalue weighted by Crippen LogP contribution is 2.37. The number of aromatic nitrogens is 3. The maximum atomic E-state index is 11.9. The van der Waals surface area contributed by atoms with E-state index in [2.05, 4.69) is 20.3 Å². The molecule has 220 valence electrons. The summed E-state index contributed by atoms with van der Waals surface area (Å²) in [5.41, 5.74) is 1.76. The number of carbonyl (C=O) groups is 2. The van der Waals surface area contributed by atoms with E-state index in [-0.39, 0.29) is 12.1 Å². The minimum atomic E-state index is -1.04. The van der Waals surface area contributed by atoms with Crippen molar-refractivity contribution in [1.29, 1.82) is 0 Å². The molecule has 13 heteroatoms. The normalized spacial score (nSPS) is 10.9. The Morgan fingerprint density at radius 3 is 2.46 bits per heavy atom. The van der Waals surface area contributed by atoms with Crippen LogP contribution in [0.25, 0.3) is 11.0 Å². The Kier molecular flexibility index (Phi) is 10.5. The molecule has 0 saturated carbocycles. The molecule has 2 aromatic carbocycles. The fourth-order valence-electron chi connectivity index (χ4n) is 3.66. The van der Waals surface area contributed by atoms with Gasteiger partial charge in [-0.2, -0.15) is 5.10 Å². The molecule has 0 aliphatic carbocycles.